The number of carbonyl (C=O) groups excluding carboxylic acids is 2. The summed E-state index contributed by atoms with van der Waals surface area (Å²) in [7, 11) is 0. The summed E-state index contributed by atoms with van der Waals surface area (Å²) in [6.45, 7) is 0.736. The fourth-order valence-electron chi connectivity index (χ4n) is 1.71. The molecule has 0 spiro atoms. The number of carbonyl (C=O) groups is 2. The smallest absolute Gasteiger partial charge is 0.227 e. The maximum Gasteiger partial charge on any atom is 0.227 e. The Morgan fingerprint density at radius 1 is 1.40 bits per heavy atom. The molecule has 78 valence electrons. The van der Waals surface area contributed by atoms with Gasteiger partial charge in [-0.3, -0.25) is 9.59 Å². The topological polar surface area (TPSA) is 37.4 Å². The molecule has 1 aromatic carbocycles. The van der Waals surface area contributed by atoms with Crippen LogP contribution >= 0.6 is 15.9 Å². The lowest BCUT2D eigenvalue weighted by molar-refractivity contribution is -0.117. The first-order valence-electron chi connectivity index (χ1n) is 4.77. The number of halogens is 1. The molecular formula is C11H10BrNO2. The highest BCUT2D eigenvalue weighted by Gasteiger charge is 2.23. The summed E-state index contributed by atoms with van der Waals surface area (Å²) >= 11 is 3.39. The molecule has 1 saturated heterocycles. The number of hydrogen-bond acceptors (Lipinski definition) is 2. The predicted molar refractivity (Wildman–Crippen MR) is 61.1 cm³/mol. The number of rotatable bonds is 2. The van der Waals surface area contributed by atoms with Crippen LogP contribution in [0.1, 0.15) is 23.2 Å². The van der Waals surface area contributed by atoms with Gasteiger partial charge in [0.15, 0.2) is 0 Å². The summed E-state index contributed by atoms with van der Waals surface area (Å²) in [6, 6.07) is 5.26. The minimum absolute atomic E-state index is 0.124. The Kier molecular flexibility index (Phi) is 2.86. The lowest BCUT2D eigenvalue weighted by atomic mass is 10.2. The van der Waals surface area contributed by atoms with Gasteiger partial charge in [-0.2, -0.15) is 0 Å². The first-order chi connectivity index (χ1) is 7.22. The minimum atomic E-state index is 0.124. The van der Waals surface area contributed by atoms with Crippen molar-refractivity contribution in [3.05, 3.63) is 28.2 Å². The van der Waals surface area contributed by atoms with Gasteiger partial charge in [0.25, 0.3) is 0 Å². The van der Waals surface area contributed by atoms with Crippen LogP contribution in [-0.2, 0) is 4.79 Å². The Morgan fingerprint density at radius 2 is 2.20 bits per heavy atom. The van der Waals surface area contributed by atoms with Crippen LogP contribution in [0.4, 0.5) is 5.69 Å². The van der Waals surface area contributed by atoms with E-state index >= 15 is 0 Å². The van der Waals surface area contributed by atoms with Gasteiger partial charge >= 0.3 is 0 Å². The second-order valence-electron chi connectivity index (χ2n) is 3.48. The van der Waals surface area contributed by atoms with Crippen molar-refractivity contribution in [3.63, 3.8) is 0 Å². The maximum absolute atomic E-state index is 11.5. The molecule has 0 aromatic heterocycles. The van der Waals surface area contributed by atoms with Gasteiger partial charge < -0.3 is 4.90 Å². The van der Waals surface area contributed by atoms with Crippen molar-refractivity contribution in [1.82, 2.24) is 0 Å². The highest BCUT2D eigenvalue weighted by atomic mass is 79.9. The van der Waals surface area contributed by atoms with E-state index in [9.17, 15) is 9.59 Å². The third-order valence-electron chi connectivity index (χ3n) is 2.47. The molecule has 0 N–H and O–H groups in total. The molecule has 0 radical (unpaired) electrons. The summed E-state index contributed by atoms with van der Waals surface area (Å²) in [6.07, 6.45) is 2.27. The van der Waals surface area contributed by atoms with Gasteiger partial charge in [-0.1, -0.05) is 6.07 Å². The third kappa shape index (κ3) is 1.95. The van der Waals surface area contributed by atoms with Gasteiger partial charge in [-0.15, -0.1) is 0 Å². The normalized spacial score (nSPS) is 15.8. The molecule has 2 rings (SSSR count). The van der Waals surface area contributed by atoms with Crippen LogP contribution < -0.4 is 4.90 Å². The van der Waals surface area contributed by atoms with E-state index in [1.807, 2.05) is 0 Å². The number of hydrogen-bond donors (Lipinski definition) is 0. The molecule has 1 aromatic rings. The Hall–Kier alpha value is -1.16. The Morgan fingerprint density at radius 3 is 2.80 bits per heavy atom. The van der Waals surface area contributed by atoms with E-state index in [-0.39, 0.29) is 5.91 Å². The van der Waals surface area contributed by atoms with Crippen molar-refractivity contribution >= 4 is 33.8 Å². The minimum Gasteiger partial charge on any atom is -0.311 e. The van der Waals surface area contributed by atoms with Crippen molar-refractivity contribution in [3.8, 4) is 0 Å². The summed E-state index contributed by atoms with van der Waals surface area (Å²) in [5.74, 6) is 0.124. The third-order valence-corrected chi connectivity index (χ3v) is 3.14. The van der Waals surface area contributed by atoms with E-state index < -0.39 is 0 Å². The van der Waals surface area contributed by atoms with E-state index in [1.54, 1.807) is 23.1 Å². The van der Waals surface area contributed by atoms with Crippen LogP contribution in [0, 0.1) is 0 Å². The number of benzene rings is 1. The average molecular weight is 268 g/mol. The van der Waals surface area contributed by atoms with Gasteiger partial charge in [0.1, 0.15) is 6.29 Å². The lowest BCUT2D eigenvalue weighted by Gasteiger charge is -2.17. The quantitative estimate of drug-likeness (QED) is 0.772. The van der Waals surface area contributed by atoms with Gasteiger partial charge in [-0.05, 0) is 34.5 Å². The summed E-state index contributed by atoms with van der Waals surface area (Å²) in [4.78, 5) is 23.9. The van der Waals surface area contributed by atoms with Crippen LogP contribution in [0.5, 0.6) is 0 Å². The maximum atomic E-state index is 11.5. The van der Waals surface area contributed by atoms with Gasteiger partial charge in [0, 0.05) is 23.0 Å². The Labute approximate surface area is 96.2 Å². The lowest BCUT2D eigenvalue weighted by Crippen LogP contribution is -2.24. The van der Waals surface area contributed by atoms with Crippen molar-refractivity contribution in [2.45, 2.75) is 12.8 Å². The molecule has 1 aliphatic rings. The zero-order valence-electron chi connectivity index (χ0n) is 8.07. The van der Waals surface area contributed by atoms with E-state index in [4.69, 9.17) is 0 Å². The highest BCUT2D eigenvalue weighted by Crippen LogP contribution is 2.30. The summed E-state index contributed by atoms with van der Waals surface area (Å²) in [5.41, 5.74) is 1.38. The molecule has 4 heteroatoms. The molecule has 0 unspecified atom stereocenters. The molecule has 1 heterocycles. The first-order valence-corrected chi connectivity index (χ1v) is 5.57. The standard InChI is InChI=1S/C11H10BrNO2/c12-9-4-3-8(7-14)6-10(9)13-5-1-2-11(13)15/h3-4,6-7H,1-2,5H2. The van der Waals surface area contributed by atoms with Gasteiger partial charge in [0.05, 0.1) is 5.69 Å². The fraction of sp³-hybridized carbons (Fsp3) is 0.273. The molecule has 0 bridgehead atoms. The molecule has 1 fully saturated rings. The fourth-order valence-corrected chi connectivity index (χ4v) is 2.17. The van der Waals surface area contributed by atoms with Crippen molar-refractivity contribution in [2.24, 2.45) is 0 Å². The molecule has 15 heavy (non-hydrogen) atoms. The SMILES string of the molecule is O=Cc1ccc(Br)c(N2CCCC2=O)c1. The zero-order chi connectivity index (χ0) is 10.8. The van der Waals surface area contributed by atoms with Gasteiger partial charge in [0.2, 0.25) is 5.91 Å². The Balaban J connectivity index is 2.41. The van der Waals surface area contributed by atoms with E-state index in [2.05, 4.69) is 15.9 Å². The summed E-state index contributed by atoms with van der Waals surface area (Å²) < 4.78 is 0.850. The second kappa shape index (κ2) is 4.14. The molecule has 1 amide bonds. The predicted octanol–water partition coefficient (Wildman–Crippen LogP) is 2.39. The molecule has 0 aliphatic carbocycles. The number of anilines is 1. The molecule has 0 saturated carbocycles. The van der Waals surface area contributed by atoms with Crippen molar-refractivity contribution < 1.29 is 9.59 Å². The number of nitrogens with zero attached hydrogens (tertiary/aromatic N) is 1. The number of aldehydes is 1. The van der Waals surface area contributed by atoms with E-state index in [0.29, 0.717) is 12.0 Å². The zero-order valence-corrected chi connectivity index (χ0v) is 9.66. The monoisotopic (exact) mass is 267 g/mol. The second-order valence-corrected chi connectivity index (χ2v) is 4.33. The van der Waals surface area contributed by atoms with Crippen LogP contribution in [0.25, 0.3) is 0 Å². The van der Waals surface area contributed by atoms with E-state index in [0.717, 1.165) is 29.4 Å². The highest BCUT2D eigenvalue weighted by molar-refractivity contribution is 9.10. The summed E-state index contributed by atoms with van der Waals surface area (Å²) in [5, 5.41) is 0. The van der Waals surface area contributed by atoms with Gasteiger partial charge in [-0.25, -0.2) is 0 Å². The van der Waals surface area contributed by atoms with Crippen LogP contribution in [0.3, 0.4) is 0 Å². The first kappa shape index (κ1) is 10.4. The van der Waals surface area contributed by atoms with Crippen LogP contribution in [0.15, 0.2) is 22.7 Å². The van der Waals surface area contributed by atoms with Crippen molar-refractivity contribution in [1.29, 1.82) is 0 Å². The van der Waals surface area contributed by atoms with Crippen LogP contribution in [0.2, 0.25) is 0 Å². The average Bonchev–Trinajstić information content (AvgIpc) is 2.65. The van der Waals surface area contributed by atoms with E-state index in [1.165, 1.54) is 0 Å². The molecule has 0 atom stereocenters. The molecule has 3 nitrogen and oxygen atoms in total. The van der Waals surface area contributed by atoms with Crippen LogP contribution in [-0.4, -0.2) is 18.7 Å². The molecule has 1 aliphatic heterocycles. The molecular weight excluding hydrogens is 258 g/mol. The van der Waals surface area contributed by atoms with Crippen molar-refractivity contribution in [2.75, 3.05) is 11.4 Å². The number of amides is 1. The largest absolute Gasteiger partial charge is 0.311 e. The Bertz CT molecular complexity index is 417.